The minimum atomic E-state index is 0.533. The monoisotopic (exact) mass is 332 g/mol. The van der Waals surface area contributed by atoms with Gasteiger partial charge in [-0.2, -0.15) is 5.10 Å². The Hall–Kier alpha value is -2.04. The van der Waals surface area contributed by atoms with Gasteiger partial charge in [-0.3, -0.25) is 5.10 Å². The molecule has 0 spiro atoms. The third-order valence-electron chi connectivity index (χ3n) is 3.46. The number of halogens is 2. The van der Waals surface area contributed by atoms with Gasteiger partial charge in [0.1, 0.15) is 5.82 Å². The summed E-state index contributed by atoms with van der Waals surface area (Å²) in [5, 5.41) is 8.24. The van der Waals surface area contributed by atoms with Crippen LogP contribution >= 0.6 is 23.2 Å². The van der Waals surface area contributed by atoms with Gasteiger partial charge in [0.25, 0.3) is 0 Å². The molecule has 1 aromatic heterocycles. The normalized spacial score (nSPS) is 10.9. The number of H-pyrrole nitrogens is 1. The Kier molecular flexibility index (Phi) is 4.05. The summed E-state index contributed by atoms with van der Waals surface area (Å²) >= 11 is 12.2. The Labute approximate surface area is 138 Å². The summed E-state index contributed by atoms with van der Waals surface area (Å²) in [6.07, 6.45) is 0.535. The molecule has 3 N–H and O–H groups in total. The molecule has 22 heavy (non-hydrogen) atoms. The topological polar surface area (TPSA) is 67.6 Å². The van der Waals surface area contributed by atoms with Crippen LogP contribution in [0.25, 0.3) is 11.4 Å². The van der Waals surface area contributed by atoms with Crippen molar-refractivity contribution in [3.8, 4) is 11.4 Å². The first-order chi connectivity index (χ1) is 10.5. The van der Waals surface area contributed by atoms with E-state index in [4.69, 9.17) is 28.9 Å². The maximum Gasteiger partial charge on any atom is 0.181 e. The minimum Gasteiger partial charge on any atom is -0.398 e. The number of rotatable bonds is 3. The van der Waals surface area contributed by atoms with Gasteiger partial charge in [0.2, 0.25) is 0 Å². The number of nitrogens with two attached hydrogens (primary N) is 1. The van der Waals surface area contributed by atoms with Gasteiger partial charge in [-0.05, 0) is 30.2 Å². The lowest BCUT2D eigenvalue weighted by molar-refractivity contribution is 0.973. The molecule has 0 unspecified atom stereocenters. The molecule has 4 nitrogen and oxygen atoms in total. The molecule has 0 radical (unpaired) electrons. The molecule has 0 fully saturated rings. The lowest BCUT2D eigenvalue weighted by Crippen LogP contribution is -1.93. The maximum atomic E-state index is 6.19. The Balaban J connectivity index is 1.87. The summed E-state index contributed by atoms with van der Waals surface area (Å²) in [7, 11) is 0. The highest BCUT2D eigenvalue weighted by Gasteiger charge is 2.10. The van der Waals surface area contributed by atoms with Crippen molar-refractivity contribution in [1.82, 2.24) is 15.2 Å². The van der Waals surface area contributed by atoms with Crippen molar-refractivity contribution < 1.29 is 0 Å². The second-order valence-electron chi connectivity index (χ2n) is 5.07. The number of anilines is 1. The molecule has 0 aliphatic heterocycles. The van der Waals surface area contributed by atoms with Crippen molar-refractivity contribution in [3.63, 3.8) is 0 Å². The lowest BCUT2D eigenvalue weighted by atomic mass is 10.1. The number of nitrogens with zero attached hydrogens (tertiary/aromatic N) is 2. The lowest BCUT2D eigenvalue weighted by Gasteiger charge is -2.03. The Morgan fingerprint density at radius 1 is 1.18 bits per heavy atom. The Morgan fingerprint density at radius 3 is 2.77 bits per heavy atom. The van der Waals surface area contributed by atoms with Gasteiger partial charge in [0.15, 0.2) is 5.82 Å². The number of hydrogen-bond donors (Lipinski definition) is 2. The summed E-state index contributed by atoms with van der Waals surface area (Å²) in [6, 6.07) is 11.3. The van der Waals surface area contributed by atoms with Crippen LogP contribution in [-0.4, -0.2) is 15.2 Å². The summed E-state index contributed by atoms with van der Waals surface area (Å²) in [5.41, 5.74) is 9.46. The molecule has 0 amide bonds. The first kappa shape index (κ1) is 14.9. The van der Waals surface area contributed by atoms with Crippen molar-refractivity contribution in [1.29, 1.82) is 0 Å². The van der Waals surface area contributed by atoms with Crippen LogP contribution in [0.15, 0.2) is 36.4 Å². The van der Waals surface area contributed by atoms with Crippen LogP contribution in [0.3, 0.4) is 0 Å². The van der Waals surface area contributed by atoms with E-state index in [1.54, 1.807) is 6.07 Å². The quantitative estimate of drug-likeness (QED) is 0.704. The fourth-order valence-electron chi connectivity index (χ4n) is 2.15. The minimum absolute atomic E-state index is 0.533. The highest BCUT2D eigenvalue weighted by Crippen LogP contribution is 2.27. The Morgan fingerprint density at radius 2 is 2.00 bits per heavy atom. The van der Waals surface area contributed by atoms with Crippen LogP contribution < -0.4 is 5.73 Å². The van der Waals surface area contributed by atoms with Gasteiger partial charge >= 0.3 is 0 Å². The van der Waals surface area contributed by atoms with Crippen LogP contribution in [0.1, 0.15) is 17.0 Å². The van der Waals surface area contributed by atoms with Gasteiger partial charge in [-0.15, -0.1) is 0 Å². The van der Waals surface area contributed by atoms with E-state index in [-0.39, 0.29) is 0 Å². The van der Waals surface area contributed by atoms with Crippen molar-refractivity contribution >= 4 is 28.9 Å². The van der Waals surface area contributed by atoms with E-state index in [2.05, 4.69) is 15.2 Å². The number of benzene rings is 2. The van der Waals surface area contributed by atoms with E-state index in [9.17, 15) is 0 Å². The van der Waals surface area contributed by atoms with Gasteiger partial charge in [0, 0.05) is 17.7 Å². The van der Waals surface area contributed by atoms with Crippen molar-refractivity contribution in [3.05, 3.63) is 63.4 Å². The first-order valence-electron chi connectivity index (χ1n) is 6.75. The third-order valence-corrected chi connectivity index (χ3v) is 4.32. The summed E-state index contributed by atoms with van der Waals surface area (Å²) < 4.78 is 0. The predicted molar refractivity (Wildman–Crippen MR) is 90.2 cm³/mol. The van der Waals surface area contributed by atoms with Gasteiger partial charge in [-0.25, -0.2) is 4.98 Å². The molecule has 0 aliphatic carbocycles. The number of aromatic amines is 1. The second-order valence-corrected chi connectivity index (χ2v) is 5.85. The summed E-state index contributed by atoms with van der Waals surface area (Å²) in [6.45, 7) is 1.96. The van der Waals surface area contributed by atoms with E-state index in [1.807, 2.05) is 37.3 Å². The molecule has 3 rings (SSSR count). The van der Waals surface area contributed by atoms with Gasteiger partial charge in [0.05, 0.1) is 10.0 Å². The van der Waals surface area contributed by atoms with Gasteiger partial charge < -0.3 is 5.73 Å². The van der Waals surface area contributed by atoms with Crippen LogP contribution in [0.5, 0.6) is 0 Å². The molecular formula is C16H14Cl2N4. The van der Waals surface area contributed by atoms with E-state index < -0.39 is 0 Å². The molecule has 6 heteroatoms. The number of nitrogen functional groups attached to an aromatic ring is 1. The number of hydrogen-bond acceptors (Lipinski definition) is 3. The average molecular weight is 333 g/mol. The molecule has 0 atom stereocenters. The van der Waals surface area contributed by atoms with Crippen LogP contribution in [0.2, 0.25) is 10.0 Å². The fourth-order valence-corrected chi connectivity index (χ4v) is 2.54. The molecule has 0 saturated heterocycles. The number of aryl methyl sites for hydroxylation is 1. The Bertz CT molecular complexity index is 827. The summed E-state index contributed by atoms with van der Waals surface area (Å²) in [5.74, 6) is 1.33. The standard InChI is InChI=1S/C16H14Cl2N4/c1-9-5-6-11(7-13(9)19)16-20-14(21-22-16)8-10-3-2-4-12(17)15(10)18/h2-7H,8,19H2,1H3,(H,20,21,22). The first-order valence-corrected chi connectivity index (χ1v) is 7.51. The zero-order valence-electron chi connectivity index (χ0n) is 11.9. The van der Waals surface area contributed by atoms with Gasteiger partial charge in [-0.1, -0.05) is 47.5 Å². The van der Waals surface area contributed by atoms with Crippen molar-refractivity contribution in [2.24, 2.45) is 0 Å². The van der Waals surface area contributed by atoms with E-state index in [1.165, 1.54) is 0 Å². The number of nitrogens with one attached hydrogen (secondary N) is 1. The molecule has 1 heterocycles. The van der Waals surface area contributed by atoms with Crippen LogP contribution in [0, 0.1) is 6.92 Å². The highest BCUT2D eigenvalue weighted by molar-refractivity contribution is 6.42. The average Bonchev–Trinajstić information content (AvgIpc) is 2.95. The largest absolute Gasteiger partial charge is 0.398 e. The van der Waals surface area contributed by atoms with E-state index >= 15 is 0 Å². The van der Waals surface area contributed by atoms with Crippen molar-refractivity contribution in [2.45, 2.75) is 13.3 Å². The zero-order valence-corrected chi connectivity index (χ0v) is 13.4. The second kappa shape index (κ2) is 5.99. The number of aromatic nitrogens is 3. The smallest absolute Gasteiger partial charge is 0.181 e. The molecule has 2 aromatic carbocycles. The summed E-state index contributed by atoms with van der Waals surface area (Å²) in [4.78, 5) is 4.49. The third kappa shape index (κ3) is 2.93. The molecule has 112 valence electrons. The van der Waals surface area contributed by atoms with E-state index in [0.29, 0.717) is 22.3 Å². The maximum absolute atomic E-state index is 6.19. The highest BCUT2D eigenvalue weighted by atomic mass is 35.5. The predicted octanol–water partition coefficient (Wildman–Crippen LogP) is 4.26. The van der Waals surface area contributed by atoms with Crippen LogP contribution in [0.4, 0.5) is 5.69 Å². The molecule has 3 aromatic rings. The SMILES string of the molecule is Cc1ccc(-c2n[nH]c(Cc3cccc(Cl)c3Cl)n2)cc1N. The molecular weight excluding hydrogens is 319 g/mol. The molecule has 0 aliphatic rings. The molecule has 0 saturated carbocycles. The van der Waals surface area contributed by atoms with E-state index in [0.717, 1.165) is 28.2 Å². The zero-order chi connectivity index (χ0) is 15.7. The molecule has 0 bridgehead atoms. The van der Waals surface area contributed by atoms with Crippen LogP contribution in [-0.2, 0) is 6.42 Å². The fraction of sp³-hybridized carbons (Fsp3) is 0.125. The van der Waals surface area contributed by atoms with Crippen molar-refractivity contribution in [2.75, 3.05) is 5.73 Å².